The first kappa shape index (κ1) is 17.3. The Balaban J connectivity index is 1.50. The predicted octanol–water partition coefficient (Wildman–Crippen LogP) is 3.74. The summed E-state index contributed by atoms with van der Waals surface area (Å²) >= 11 is 11.7. The van der Waals surface area contributed by atoms with Crippen LogP contribution in [0.3, 0.4) is 0 Å². The van der Waals surface area contributed by atoms with E-state index in [-0.39, 0.29) is 24.9 Å². The number of aromatic nitrogens is 2. The lowest BCUT2D eigenvalue weighted by Crippen LogP contribution is -2.28. The van der Waals surface area contributed by atoms with Crippen LogP contribution in [0.25, 0.3) is 11.4 Å². The van der Waals surface area contributed by atoms with E-state index in [9.17, 15) is 4.79 Å². The van der Waals surface area contributed by atoms with Crippen molar-refractivity contribution in [3.05, 3.63) is 64.5 Å². The van der Waals surface area contributed by atoms with E-state index in [4.69, 9.17) is 32.5 Å². The van der Waals surface area contributed by atoms with E-state index in [1.807, 2.05) is 6.07 Å². The maximum atomic E-state index is 11.8. The number of carbonyl (C=O) groups excluding carboxylic acids is 1. The number of hydrogen-bond acceptors (Lipinski definition) is 5. The molecule has 0 saturated carbocycles. The number of rotatable bonds is 6. The second kappa shape index (κ2) is 8.00. The first-order valence-electron chi connectivity index (χ1n) is 7.34. The van der Waals surface area contributed by atoms with Gasteiger partial charge in [-0.3, -0.25) is 4.79 Å². The molecule has 1 N–H and O–H groups in total. The lowest BCUT2D eigenvalue weighted by Gasteiger charge is -2.05. The fraction of sp³-hybridized carbons (Fsp3) is 0.118. The molecule has 1 heterocycles. The third-order valence-corrected chi connectivity index (χ3v) is 3.66. The Bertz CT molecular complexity index is 866. The van der Waals surface area contributed by atoms with Gasteiger partial charge < -0.3 is 14.6 Å². The summed E-state index contributed by atoms with van der Waals surface area (Å²) in [5.41, 5.74) is 0.736. The zero-order valence-corrected chi connectivity index (χ0v) is 14.4. The van der Waals surface area contributed by atoms with Crippen molar-refractivity contribution in [2.24, 2.45) is 0 Å². The van der Waals surface area contributed by atoms with Crippen LogP contribution in [0, 0.1) is 0 Å². The SMILES string of the molecule is O=C(COc1ccc(Cl)cc1)NCc1nc(-c2cccc(Cl)c2)no1. The van der Waals surface area contributed by atoms with Crippen LogP contribution in [0.15, 0.2) is 53.1 Å². The maximum Gasteiger partial charge on any atom is 0.258 e. The van der Waals surface area contributed by atoms with E-state index in [1.165, 1.54) is 0 Å². The van der Waals surface area contributed by atoms with Gasteiger partial charge in [0.25, 0.3) is 5.91 Å². The molecule has 128 valence electrons. The van der Waals surface area contributed by atoms with Crippen LogP contribution in [-0.4, -0.2) is 22.7 Å². The summed E-state index contributed by atoms with van der Waals surface area (Å²) in [5, 5.41) is 7.69. The Kier molecular flexibility index (Phi) is 5.53. The minimum absolute atomic E-state index is 0.108. The van der Waals surface area contributed by atoms with E-state index in [0.29, 0.717) is 21.6 Å². The number of carbonyl (C=O) groups is 1. The topological polar surface area (TPSA) is 77.2 Å². The van der Waals surface area contributed by atoms with Gasteiger partial charge in [0.05, 0.1) is 6.54 Å². The summed E-state index contributed by atoms with van der Waals surface area (Å²) in [6.07, 6.45) is 0. The minimum Gasteiger partial charge on any atom is -0.484 e. The third-order valence-electron chi connectivity index (χ3n) is 3.17. The molecule has 25 heavy (non-hydrogen) atoms. The van der Waals surface area contributed by atoms with Crippen molar-refractivity contribution >= 4 is 29.1 Å². The molecule has 0 aliphatic heterocycles. The van der Waals surface area contributed by atoms with Crippen LogP contribution in [-0.2, 0) is 11.3 Å². The monoisotopic (exact) mass is 377 g/mol. The molecule has 3 aromatic rings. The van der Waals surface area contributed by atoms with Crippen LogP contribution < -0.4 is 10.1 Å². The van der Waals surface area contributed by atoms with Crippen LogP contribution in [0.2, 0.25) is 10.0 Å². The van der Waals surface area contributed by atoms with Crippen molar-refractivity contribution < 1.29 is 14.1 Å². The van der Waals surface area contributed by atoms with Gasteiger partial charge in [-0.15, -0.1) is 0 Å². The van der Waals surface area contributed by atoms with Gasteiger partial charge in [0.2, 0.25) is 11.7 Å². The number of benzene rings is 2. The highest BCUT2D eigenvalue weighted by atomic mass is 35.5. The van der Waals surface area contributed by atoms with E-state index < -0.39 is 0 Å². The molecule has 8 heteroatoms. The average molecular weight is 378 g/mol. The third kappa shape index (κ3) is 4.95. The molecule has 6 nitrogen and oxygen atoms in total. The molecule has 1 amide bonds. The molecule has 0 radical (unpaired) electrons. The van der Waals surface area contributed by atoms with Crippen LogP contribution >= 0.6 is 23.2 Å². The smallest absolute Gasteiger partial charge is 0.258 e. The average Bonchev–Trinajstić information content (AvgIpc) is 3.08. The predicted molar refractivity (Wildman–Crippen MR) is 93.5 cm³/mol. The summed E-state index contributed by atoms with van der Waals surface area (Å²) < 4.78 is 10.5. The van der Waals surface area contributed by atoms with Gasteiger partial charge in [-0.25, -0.2) is 0 Å². The Hall–Kier alpha value is -2.57. The number of nitrogens with zero attached hydrogens (tertiary/aromatic N) is 2. The van der Waals surface area contributed by atoms with E-state index >= 15 is 0 Å². The molecule has 1 aromatic heterocycles. The second-order valence-electron chi connectivity index (χ2n) is 5.04. The van der Waals surface area contributed by atoms with Crippen LogP contribution in [0.5, 0.6) is 5.75 Å². The summed E-state index contributed by atoms with van der Waals surface area (Å²) in [6.45, 7) is -0.0205. The molecular formula is C17H13Cl2N3O3. The van der Waals surface area contributed by atoms with Crippen molar-refractivity contribution in [3.8, 4) is 17.1 Å². The molecule has 0 aliphatic carbocycles. The molecule has 0 aliphatic rings. The fourth-order valence-electron chi connectivity index (χ4n) is 1.98. The molecular weight excluding hydrogens is 365 g/mol. The second-order valence-corrected chi connectivity index (χ2v) is 5.91. The Morgan fingerprint density at radius 1 is 1.12 bits per heavy atom. The maximum absolute atomic E-state index is 11.8. The highest BCUT2D eigenvalue weighted by Crippen LogP contribution is 2.20. The highest BCUT2D eigenvalue weighted by molar-refractivity contribution is 6.31. The normalized spacial score (nSPS) is 10.5. The van der Waals surface area contributed by atoms with Gasteiger partial charge in [-0.05, 0) is 36.4 Å². The summed E-state index contributed by atoms with van der Waals surface area (Å²) in [7, 11) is 0. The van der Waals surface area contributed by atoms with Crippen molar-refractivity contribution in [3.63, 3.8) is 0 Å². The summed E-state index contributed by atoms with van der Waals surface area (Å²) in [4.78, 5) is 16.0. The van der Waals surface area contributed by atoms with Gasteiger partial charge in [-0.2, -0.15) is 4.98 Å². The van der Waals surface area contributed by atoms with Gasteiger partial charge in [0.1, 0.15) is 5.75 Å². The molecule has 0 fully saturated rings. The molecule has 0 bridgehead atoms. The van der Waals surface area contributed by atoms with Gasteiger partial charge >= 0.3 is 0 Å². The van der Waals surface area contributed by atoms with E-state index in [1.54, 1.807) is 42.5 Å². The molecule has 0 unspecified atom stereocenters. The zero-order chi connectivity index (χ0) is 17.6. The largest absolute Gasteiger partial charge is 0.484 e. The highest BCUT2D eigenvalue weighted by Gasteiger charge is 2.10. The lowest BCUT2D eigenvalue weighted by molar-refractivity contribution is -0.123. The van der Waals surface area contributed by atoms with Crippen molar-refractivity contribution in [2.75, 3.05) is 6.61 Å². The Morgan fingerprint density at radius 2 is 1.92 bits per heavy atom. The summed E-state index contributed by atoms with van der Waals surface area (Å²) in [6, 6.07) is 13.8. The Labute approximate surface area is 153 Å². The quantitative estimate of drug-likeness (QED) is 0.707. The molecule has 2 aromatic carbocycles. The van der Waals surface area contributed by atoms with Gasteiger partial charge in [-0.1, -0.05) is 40.5 Å². The first-order valence-corrected chi connectivity index (χ1v) is 8.09. The minimum atomic E-state index is -0.308. The number of amides is 1. The summed E-state index contributed by atoms with van der Waals surface area (Å²) in [5.74, 6) is 0.942. The van der Waals surface area contributed by atoms with Crippen LogP contribution in [0.4, 0.5) is 0 Å². The van der Waals surface area contributed by atoms with Crippen LogP contribution in [0.1, 0.15) is 5.89 Å². The fourth-order valence-corrected chi connectivity index (χ4v) is 2.29. The number of nitrogens with one attached hydrogen (secondary N) is 1. The Morgan fingerprint density at radius 3 is 2.68 bits per heavy atom. The van der Waals surface area contributed by atoms with E-state index in [0.717, 1.165) is 5.56 Å². The van der Waals surface area contributed by atoms with Crippen molar-refractivity contribution in [1.82, 2.24) is 15.5 Å². The number of hydrogen-bond donors (Lipinski definition) is 1. The zero-order valence-electron chi connectivity index (χ0n) is 12.9. The standard InChI is InChI=1S/C17H13Cl2N3O3/c18-12-4-6-14(7-5-12)24-10-15(23)20-9-16-21-17(22-25-16)11-2-1-3-13(19)8-11/h1-8H,9-10H2,(H,20,23). The molecule has 3 rings (SSSR count). The molecule has 0 atom stereocenters. The van der Waals surface area contributed by atoms with Gasteiger partial charge in [0, 0.05) is 15.6 Å². The van der Waals surface area contributed by atoms with Gasteiger partial charge in [0.15, 0.2) is 6.61 Å². The molecule has 0 spiro atoms. The van der Waals surface area contributed by atoms with Crippen molar-refractivity contribution in [2.45, 2.75) is 6.54 Å². The van der Waals surface area contributed by atoms with E-state index in [2.05, 4.69) is 15.5 Å². The first-order chi connectivity index (χ1) is 12.1. The number of ether oxygens (including phenoxy) is 1. The molecule has 0 saturated heterocycles. The number of halogens is 2. The lowest BCUT2D eigenvalue weighted by atomic mass is 10.2. The van der Waals surface area contributed by atoms with Crippen molar-refractivity contribution in [1.29, 1.82) is 0 Å².